The number of likely N-dealkylation sites (tertiary alicyclic amines) is 1. The van der Waals surface area contributed by atoms with Crippen molar-refractivity contribution < 1.29 is 19.3 Å². The molecule has 3 rings (SSSR count). The molecule has 0 aliphatic carbocycles. The van der Waals surface area contributed by atoms with Crippen LogP contribution in [0.3, 0.4) is 0 Å². The Balaban J connectivity index is 1.86. The van der Waals surface area contributed by atoms with Gasteiger partial charge in [0.05, 0.1) is 16.4 Å². The highest BCUT2D eigenvalue weighted by Gasteiger charge is 2.31. The molecular formula is C26H32N4O5. The molecule has 0 bridgehead atoms. The molecule has 1 heterocycles. The molecule has 186 valence electrons. The van der Waals surface area contributed by atoms with Crippen LogP contribution in [0.1, 0.15) is 53.0 Å². The Labute approximate surface area is 205 Å². The predicted molar refractivity (Wildman–Crippen MR) is 134 cm³/mol. The molecule has 1 aliphatic rings. The van der Waals surface area contributed by atoms with Crippen molar-refractivity contribution in [2.45, 2.75) is 26.7 Å². The molecular weight excluding hydrogens is 448 g/mol. The molecule has 9 heteroatoms. The molecule has 2 aromatic rings. The van der Waals surface area contributed by atoms with E-state index in [1.807, 2.05) is 13.8 Å². The lowest BCUT2D eigenvalue weighted by atomic mass is 9.94. The summed E-state index contributed by atoms with van der Waals surface area (Å²) in [6.07, 6.45) is 1.40. The minimum atomic E-state index is -0.526. The second-order valence-corrected chi connectivity index (χ2v) is 9.46. The van der Waals surface area contributed by atoms with Crippen molar-refractivity contribution in [1.29, 1.82) is 0 Å². The van der Waals surface area contributed by atoms with E-state index in [4.69, 9.17) is 0 Å². The number of piperidine rings is 1. The maximum Gasteiger partial charge on any atom is 0.293 e. The van der Waals surface area contributed by atoms with Gasteiger partial charge in [-0.3, -0.25) is 24.5 Å². The number of anilines is 1. The van der Waals surface area contributed by atoms with E-state index in [0.29, 0.717) is 37.5 Å². The highest BCUT2D eigenvalue weighted by molar-refractivity contribution is 6.15. The second kappa shape index (κ2) is 11.1. The normalized spacial score (nSPS) is 15.6. The molecule has 1 fully saturated rings. The number of nitrogens with one attached hydrogen (secondary N) is 1. The molecule has 0 radical (unpaired) electrons. The van der Waals surface area contributed by atoms with Crippen molar-refractivity contribution in [2.75, 3.05) is 38.6 Å². The standard InChI is InChI=1S/C26H32N4O5/c1-17(2)15-27-25(32)19-8-7-13-29(16-19)26(33)21-10-6-5-9-20(21)24(31)18-11-12-22(28(3)4)23(14-18)30(34)35/h5-6,9-12,14,17,19H,7-8,13,15-16H2,1-4H3,(H,27,32)/t19-/m1/s1. The van der Waals surface area contributed by atoms with Gasteiger partial charge in [-0.05, 0) is 37.0 Å². The van der Waals surface area contributed by atoms with Crippen LogP contribution in [0.25, 0.3) is 0 Å². The van der Waals surface area contributed by atoms with E-state index in [1.165, 1.54) is 18.2 Å². The van der Waals surface area contributed by atoms with Crippen molar-refractivity contribution in [3.63, 3.8) is 0 Å². The number of benzene rings is 2. The number of carbonyl (C=O) groups is 3. The highest BCUT2D eigenvalue weighted by atomic mass is 16.6. The van der Waals surface area contributed by atoms with Gasteiger partial charge in [0, 0.05) is 50.9 Å². The fourth-order valence-electron chi connectivity index (χ4n) is 4.21. The molecule has 0 spiro atoms. The van der Waals surface area contributed by atoms with Crippen molar-refractivity contribution in [2.24, 2.45) is 11.8 Å². The lowest BCUT2D eigenvalue weighted by Gasteiger charge is -2.32. The van der Waals surface area contributed by atoms with E-state index in [2.05, 4.69) is 5.32 Å². The van der Waals surface area contributed by atoms with Crippen molar-refractivity contribution in [3.8, 4) is 0 Å². The van der Waals surface area contributed by atoms with Gasteiger partial charge in [-0.2, -0.15) is 0 Å². The summed E-state index contributed by atoms with van der Waals surface area (Å²) in [6.45, 7) is 5.41. The molecule has 1 atom stereocenters. The first-order valence-electron chi connectivity index (χ1n) is 11.8. The van der Waals surface area contributed by atoms with Crippen molar-refractivity contribution >= 4 is 29.0 Å². The van der Waals surface area contributed by atoms with E-state index in [0.717, 1.165) is 0 Å². The monoisotopic (exact) mass is 480 g/mol. The number of ketones is 1. The smallest absolute Gasteiger partial charge is 0.293 e. The first kappa shape index (κ1) is 25.9. The van der Waals surface area contributed by atoms with Crippen molar-refractivity contribution in [3.05, 3.63) is 69.3 Å². The van der Waals surface area contributed by atoms with Crippen LogP contribution in [0.15, 0.2) is 42.5 Å². The Hall–Kier alpha value is -3.75. The van der Waals surface area contributed by atoms with E-state index in [9.17, 15) is 24.5 Å². The largest absolute Gasteiger partial charge is 0.372 e. The van der Waals surface area contributed by atoms with E-state index >= 15 is 0 Å². The van der Waals surface area contributed by atoms with Crippen LogP contribution in [0.5, 0.6) is 0 Å². The van der Waals surface area contributed by atoms with Gasteiger partial charge in [-0.25, -0.2) is 0 Å². The van der Waals surface area contributed by atoms with Crippen LogP contribution in [0.4, 0.5) is 11.4 Å². The number of nitrogens with zero attached hydrogens (tertiary/aromatic N) is 3. The van der Waals surface area contributed by atoms with Gasteiger partial charge < -0.3 is 15.1 Å². The molecule has 1 aliphatic heterocycles. The molecule has 1 saturated heterocycles. The van der Waals surface area contributed by atoms with E-state index < -0.39 is 10.7 Å². The Kier molecular flexibility index (Phi) is 8.22. The zero-order chi connectivity index (χ0) is 25.7. The third kappa shape index (κ3) is 6.03. The zero-order valence-corrected chi connectivity index (χ0v) is 20.6. The minimum Gasteiger partial charge on any atom is -0.372 e. The minimum absolute atomic E-state index is 0.0612. The zero-order valence-electron chi connectivity index (χ0n) is 20.6. The molecule has 35 heavy (non-hydrogen) atoms. The van der Waals surface area contributed by atoms with E-state index in [-0.39, 0.29) is 46.7 Å². The first-order valence-corrected chi connectivity index (χ1v) is 11.8. The average molecular weight is 481 g/mol. The van der Waals surface area contributed by atoms with Gasteiger partial charge in [0.2, 0.25) is 5.91 Å². The summed E-state index contributed by atoms with van der Waals surface area (Å²) < 4.78 is 0. The summed E-state index contributed by atoms with van der Waals surface area (Å²) in [5, 5.41) is 14.5. The molecule has 0 aromatic heterocycles. The maximum absolute atomic E-state index is 13.4. The summed E-state index contributed by atoms with van der Waals surface area (Å²) in [5.41, 5.74) is 0.727. The number of amides is 2. The second-order valence-electron chi connectivity index (χ2n) is 9.46. The van der Waals surface area contributed by atoms with Crippen LogP contribution >= 0.6 is 0 Å². The molecule has 2 aromatic carbocycles. The number of nitro benzene ring substituents is 1. The van der Waals surface area contributed by atoms with Gasteiger partial charge in [-0.1, -0.05) is 32.0 Å². The number of hydrogen-bond acceptors (Lipinski definition) is 6. The highest BCUT2D eigenvalue weighted by Crippen LogP contribution is 2.29. The number of rotatable bonds is 8. The molecule has 2 amide bonds. The molecule has 9 nitrogen and oxygen atoms in total. The predicted octanol–water partition coefficient (Wildman–Crippen LogP) is 3.52. The van der Waals surface area contributed by atoms with Crippen LogP contribution in [0, 0.1) is 22.0 Å². The van der Waals surface area contributed by atoms with Crippen LogP contribution in [-0.2, 0) is 4.79 Å². The van der Waals surface area contributed by atoms with Gasteiger partial charge in [-0.15, -0.1) is 0 Å². The topological polar surface area (TPSA) is 113 Å². The SMILES string of the molecule is CC(C)CNC(=O)[C@@H]1CCCN(C(=O)c2ccccc2C(=O)c2ccc(N(C)C)c([N+](=O)[O-])c2)C1. The lowest BCUT2D eigenvalue weighted by Crippen LogP contribution is -2.46. The summed E-state index contributed by atoms with van der Waals surface area (Å²) in [4.78, 5) is 53.6. The Morgan fingerprint density at radius 2 is 1.83 bits per heavy atom. The molecule has 0 saturated carbocycles. The van der Waals surface area contributed by atoms with Gasteiger partial charge >= 0.3 is 0 Å². The van der Waals surface area contributed by atoms with Crippen molar-refractivity contribution in [1.82, 2.24) is 10.2 Å². The Bertz CT molecular complexity index is 1130. The molecule has 1 N–H and O–H groups in total. The van der Waals surface area contributed by atoms with Gasteiger partial charge in [0.1, 0.15) is 5.69 Å². The van der Waals surface area contributed by atoms with Crippen LogP contribution in [0.2, 0.25) is 0 Å². The summed E-state index contributed by atoms with van der Waals surface area (Å²) >= 11 is 0. The average Bonchev–Trinajstić information content (AvgIpc) is 2.85. The number of hydrogen-bond donors (Lipinski definition) is 1. The Morgan fingerprint density at radius 1 is 1.14 bits per heavy atom. The Morgan fingerprint density at radius 3 is 2.46 bits per heavy atom. The number of nitro groups is 1. The third-order valence-electron chi connectivity index (χ3n) is 6.08. The van der Waals surface area contributed by atoms with Gasteiger partial charge in [0.15, 0.2) is 5.78 Å². The fraction of sp³-hybridized carbons (Fsp3) is 0.423. The van der Waals surface area contributed by atoms with E-state index in [1.54, 1.807) is 48.2 Å². The lowest BCUT2D eigenvalue weighted by molar-refractivity contribution is -0.384. The quantitative estimate of drug-likeness (QED) is 0.351. The maximum atomic E-state index is 13.4. The first-order chi connectivity index (χ1) is 16.6. The summed E-state index contributed by atoms with van der Waals surface area (Å²) in [5.74, 6) is -0.814. The summed E-state index contributed by atoms with van der Waals surface area (Å²) in [7, 11) is 3.37. The molecule has 0 unspecified atom stereocenters. The third-order valence-corrected chi connectivity index (χ3v) is 6.08. The fourth-order valence-corrected chi connectivity index (χ4v) is 4.21. The van der Waals surface area contributed by atoms with Crippen LogP contribution < -0.4 is 10.2 Å². The summed E-state index contributed by atoms with van der Waals surface area (Å²) in [6, 6.07) is 10.8. The van der Waals surface area contributed by atoms with Crippen LogP contribution in [-0.4, -0.2) is 61.2 Å². The number of carbonyl (C=O) groups excluding carboxylic acids is 3. The van der Waals surface area contributed by atoms with Gasteiger partial charge in [0.25, 0.3) is 11.6 Å².